The standard InChI is InChI=1S/C28H41N5O2/c1-32-24(34)28(31-25(32)29,16-14-21-9-4-2-5-10-21)18-23-13-8-15-27(17-23)20-33(27)26(35)30-19-22-11-6-3-7-12-22/h3,6-7,11-12,21,23H,2,4-5,8-10,13-20H2,1H3,(H2,29,31)(H,30,35)/p+1/t23-,27?,28+,33?/m0/s1. The van der Waals surface area contributed by atoms with Crippen LogP contribution >= 0.6 is 0 Å². The molecule has 7 heteroatoms. The van der Waals surface area contributed by atoms with Gasteiger partial charge in [0.15, 0.2) is 5.54 Å². The Balaban J connectivity index is 1.21. The number of amides is 3. The fraction of sp³-hybridized carbons (Fsp3) is 0.679. The molecule has 4 aliphatic rings. The number of guanidine groups is 1. The van der Waals surface area contributed by atoms with E-state index in [2.05, 4.69) is 10.3 Å². The Morgan fingerprint density at radius 1 is 1.11 bits per heavy atom. The van der Waals surface area contributed by atoms with E-state index in [1.807, 2.05) is 35.2 Å². The van der Waals surface area contributed by atoms with Crippen LogP contribution in [0, 0.1) is 11.8 Å². The molecule has 3 amide bonds. The Kier molecular flexibility index (Phi) is 6.78. The van der Waals surface area contributed by atoms with Gasteiger partial charge in [-0.15, -0.1) is 0 Å². The number of likely N-dealkylation sites (N-methyl/N-ethyl adjacent to an activating group) is 1. The highest BCUT2D eigenvalue weighted by atomic mass is 16.2. The van der Waals surface area contributed by atoms with E-state index in [1.165, 1.54) is 32.1 Å². The van der Waals surface area contributed by atoms with Gasteiger partial charge in [-0.3, -0.25) is 15.5 Å². The molecule has 2 aliphatic heterocycles. The van der Waals surface area contributed by atoms with Crippen molar-refractivity contribution in [2.24, 2.45) is 17.6 Å². The first-order valence-electron chi connectivity index (χ1n) is 13.7. The molecule has 35 heavy (non-hydrogen) atoms. The van der Waals surface area contributed by atoms with Gasteiger partial charge in [-0.2, -0.15) is 0 Å². The smallest absolute Gasteiger partial charge is 0.334 e. The number of hydrogen-bond acceptors (Lipinski definition) is 3. The van der Waals surface area contributed by atoms with Gasteiger partial charge in [0.05, 0.1) is 12.6 Å². The van der Waals surface area contributed by atoms with E-state index in [-0.39, 0.29) is 17.5 Å². The molecule has 5 rings (SSSR count). The van der Waals surface area contributed by atoms with Crippen molar-refractivity contribution in [3.05, 3.63) is 35.9 Å². The van der Waals surface area contributed by atoms with Crippen LogP contribution in [0.1, 0.15) is 82.6 Å². The minimum Gasteiger partial charge on any atom is -0.334 e. The molecule has 3 atom stereocenters. The minimum absolute atomic E-state index is 0.0307. The second kappa shape index (κ2) is 9.82. The van der Waals surface area contributed by atoms with Gasteiger partial charge in [0.2, 0.25) is 0 Å². The number of carbonyl (C=O) groups is 2. The maximum atomic E-state index is 13.4. The van der Waals surface area contributed by atoms with Crippen molar-refractivity contribution < 1.29 is 14.6 Å². The Morgan fingerprint density at radius 2 is 1.86 bits per heavy atom. The molecule has 1 aromatic carbocycles. The molecule has 0 aromatic heterocycles. The van der Waals surface area contributed by atoms with Crippen LogP contribution in [0.5, 0.6) is 0 Å². The van der Waals surface area contributed by atoms with Gasteiger partial charge in [0.1, 0.15) is 0 Å². The number of hydrogen-bond donors (Lipinski definition) is 3. The van der Waals surface area contributed by atoms with Crippen LogP contribution in [0.4, 0.5) is 4.79 Å². The first kappa shape index (κ1) is 24.1. The minimum atomic E-state index is -0.589. The fourth-order valence-corrected chi connectivity index (χ4v) is 7.08. The van der Waals surface area contributed by atoms with Crippen LogP contribution in [0.25, 0.3) is 0 Å². The molecule has 1 aromatic rings. The summed E-state index contributed by atoms with van der Waals surface area (Å²) in [5, 5.41) is 3.10. The Bertz CT molecular complexity index is 959. The first-order valence-corrected chi connectivity index (χ1v) is 13.7. The zero-order valence-electron chi connectivity index (χ0n) is 21.2. The van der Waals surface area contributed by atoms with E-state index < -0.39 is 5.54 Å². The average molecular weight is 481 g/mol. The SMILES string of the molecule is CN1C(=O)[C@@](CCC2CCCCC2)(C[C@H]2CCCC3(C2)CN3C(=O)NCc2ccccc2)[NH+]=C1N. The third-order valence-electron chi connectivity index (χ3n) is 9.16. The van der Waals surface area contributed by atoms with Crippen molar-refractivity contribution in [2.45, 2.75) is 94.7 Å². The number of nitrogens with two attached hydrogens (primary N) is 1. The molecule has 0 radical (unpaired) electrons. The Morgan fingerprint density at radius 3 is 2.57 bits per heavy atom. The van der Waals surface area contributed by atoms with Crippen molar-refractivity contribution in [1.82, 2.24) is 15.1 Å². The molecular weight excluding hydrogens is 438 g/mol. The second-order valence-electron chi connectivity index (χ2n) is 11.6. The quantitative estimate of drug-likeness (QED) is 0.524. The molecule has 1 saturated heterocycles. The second-order valence-corrected chi connectivity index (χ2v) is 11.6. The number of nitrogens with one attached hydrogen (secondary N) is 2. The van der Waals surface area contributed by atoms with Gasteiger partial charge in [0.25, 0.3) is 0 Å². The molecular formula is C28H42N5O2+. The van der Waals surface area contributed by atoms with E-state index in [0.717, 1.165) is 63.0 Å². The summed E-state index contributed by atoms with van der Waals surface area (Å²) < 4.78 is 0. The summed E-state index contributed by atoms with van der Waals surface area (Å²) in [5.74, 6) is 1.75. The molecule has 2 aliphatic carbocycles. The zero-order chi connectivity index (χ0) is 24.5. The summed E-state index contributed by atoms with van der Waals surface area (Å²) in [4.78, 5) is 33.4. The molecule has 190 valence electrons. The van der Waals surface area contributed by atoms with Crippen molar-refractivity contribution in [2.75, 3.05) is 13.6 Å². The van der Waals surface area contributed by atoms with Gasteiger partial charge in [-0.1, -0.05) is 75.3 Å². The lowest BCUT2D eigenvalue weighted by Crippen LogP contribution is -2.87. The maximum absolute atomic E-state index is 13.4. The Labute approximate surface area is 209 Å². The molecule has 4 N–H and O–H groups in total. The lowest BCUT2D eigenvalue weighted by Gasteiger charge is -2.34. The predicted octanol–water partition coefficient (Wildman–Crippen LogP) is 2.50. The van der Waals surface area contributed by atoms with E-state index in [0.29, 0.717) is 18.4 Å². The van der Waals surface area contributed by atoms with Crippen LogP contribution in [0.3, 0.4) is 0 Å². The largest absolute Gasteiger partial charge is 0.351 e. The number of nitrogens with zero attached hydrogens (tertiary/aromatic N) is 2. The van der Waals surface area contributed by atoms with Crippen molar-refractivity contribution >= 4 is 17.9 Å². The van der Waals surface area contributed by atoms with Gasteiger partial charge < -0.3 is 10.2 Å². The summed E-state index contributed by atoms with van der Waals surface area (Å²) in [6.45, 7) is 1.38. The van der Waals surface area contributed by atoms with Crippen LogP contribution in [0.15, 0.2) is 30.3 Å². The number of rotatable bonds is 7. The highest BCUT2D eigenvalue weighted by Gasteiger charge is 2.59. The fourth-order valence-electron chi connectivity index (χ4n) is 7.08. The summed E-state index contributed by atoms with van der Waals surface area (Å²) >= 11 is 0. The summed E-state index contributed by atoms with van der Waals surface area (Å²) in [6.07, 6.45) is 13.6. The monoisotopic (exact) mass is 480 g/mol. The summed E-state index contributed by atoms with van der Waals surface area (Å²) in [7, 11) is 1.79. The van der Waals surface area contributed by atoms with Crippen molar-refractivity contribution in [1.29, 1.82) is 0 Å². The van der Waals surface area contributed by atoms with Crippen molar-refractivity contribution in [3.8, 4) is 0 Å². The summed E-state index contributed by atoms with van der Waals surface area (Å²) in [5.41, 5.74) is 6.71. The maximum Gasteiger partial charge on any atom is 0.351 e. The zero-order valence-corrected chi connectivity index (χ0v) is 21.2. The lowest BCUT2D eigenvalue weighted by atomic mass is 9.72. The van der Waals surface area contributed by atoms with Crippen molar-refractivity contribution in [3.63, 3.8) is 0 Å². The predicted molar refractivity (Wildman–Crippen MR) is 136 cm³/mol. The van der Waals surface area contributed by atoms with E-state index in [4.69, 9.17) is 5.73 Å². The number of benzene rings is 1. The number of urea groups is 1. The van der Waals surface area contributed by atoms with Gasteiger partial charge in [-0.05, 0) is 49.5 Å². The molecule has 1 unspecified atom stereocenters. The molecule has 7 nitrogen and oxygen atoms in total. The third kappa shape index (κ3) is 5.05. The highest BCUT2D eigenvalue weighted by molar-refractivity contribution is 6.01. The molecule has 2 heterocycles. The van der Waals surface area contributed by atoms with Gasteiger partial charge in [-0.25, -0.2) is 9.69 Å². The first-order chi connectivity index (χ1) is 16.9. The Hall–Kier alpha value is -2.57. The summed E-state index contributed by atoms with van der Waals surface area (Å²) in [6, 6.07) is 10.1. The van der Waals surface area contributed by atoms with Crippen LogP contribution in [0.2, 0.25) is 0 Å². The topological polar surface area (TPSA) is 92.4 Å². The molecule has 2 saturated carbocycles. The molecule has 0 bridgehead atoms. The number of carbonyl (C=O) groups excluding carboxylic acids is 2. The highest BCUT2D eigenvalue weighted by Crippen LogP contribution is 2.49. The van der Waals surface area contributed by atoms with Gasteiger partial charge in [0, 0.05) is 13.1 Å². The van der Waals surface area contributed by atoms with E-state index in [1.54, 1.807) is 11.9 Å². The molecule has 1 spiro atoms. The van der Waals surface area contributed by atoms with Crippen LogP contribution < -0.4 is 16.0 Å². The lowest BCUT2D eigenvalue weighted by molar-refractivity contribution is -0.535. The third-order valence-corrected chi connectivity index (χ3v) is 9.16. The van der Waals surface area contributed by atoms with E-state index in [9.17, 15) is 9.59 Å². The van der Waals surface area contributed by atoms with Crippen LogP contribution in [-0.4, -0.2) is 52.4 Å². The normalized spacial score (nSPS) is 31.1. The molecule has 3 fully saturated rings. The van der Waals surface area contributed by atoms with Gasteiger partial charge >= 0.3 is 17.9 Å². The van der Waals surface area contributed by atoms with E-state index >= 15 is 0 Å². The average Bonchev–Trinajstić information content (AvgIpc) is 3.52. The van der Waals surface area contributed by atoms with Crippen LogP contribution in [-0.2, 0) is 11.3 Å².